The molecule has 2 N–H and O–H groups in total. The molecule has 1 saturated carbocycles. The minimum absolute atomic E-state index is 0.284. The molecule has 0 radical (unpaired) electrons. The first-order valence-electron chi connectivity index (χ1n) is 9.99. The van der Waals surface area contributed by atoms with Gasteiger partial charge < -0.3 is 10.1 Å². The van der Waals surface area contributed by atoms with E-state index in [1.165, 1.54) is 0 Å². The molecule has 2 atom stereocenters. The maximum Gasteiger partial charge on any atom is 0.265 e. The number of alkyl halides is 2. The largest absolute Gasteiger partial charge is 0.481 e. The number of carbonyl (C=O) groups excluding carboxylic acids is 2. The van der Waals surface area contributed by atoms with Crippen LogP contribution in [0.5, 0.6) is 5.75 Å². The molecule has 2 amide bonds. The molecular weight excluding hydrogens is 473 g/mol. The summed E-state index contributed by atoms with van der Waals surface area (Å²) in [5.41, 5.74) is 4.53. The minimum atomic E-state index is -1.05. The molecule has 2 aromatic carbocycles. The van der Waals surface area contributed by atoms with Gasteiger partial charge in [-0.15, -0.1) is 23.2 Å². The van der Waals surface area contributed by atoms with E-state index in [2.05, 4.69) is 15.8 Å². The molecule has 32 heavy (non-hydrogen) atoms. The number of aryl methyl sites for hydroxylation is 1. The van der Waals surface area contributed by atoms with Crippen LogP contribution in [0.4, 0.5) is 5.69 Å². The van der Waals surface area contributed by atoms with E-state index in [4.69, 9.17) is 39.5 Å². The predicted molar refractivity (Wildman–Crippen MR) is 129 cm³/mol. The number of rotatable bonds is 7. The van der Waals surface area contributed by atoms with E-state index < -0.39 is 15.9 Å². The average molecular weight is 497 g/mol. The van der Waals surface area contributed by atoms with Gasteiger partial charge in [-0.25, -0.2) is 5.43 Å². The highest BCUT2D eigenvalue weighted by atomic mass is 35.5. The highest BCUT2D eigenvalue weighted by Gasteiger charge is 2.68. The third-order valence-corrected chi connectivity index (χ3v) is 6.80. The second kappa shape index (κ2) is 9.30. The van der Waals surface area contributed by atoms with Crippen molar-refractivity contribution in [3.63, 3.8) is 0 Å². The van der Waals surface area contributed by atoms with Gasteiger partial charge in [-0.1, -0.05) is 23.7 Å². The molecule has 0 aliphatic heterocycles. The van der Waals surface area contributed by atoms with E-state index in [-0.39, 0.29) is 11.8 Å². The van der Waals surface area contributed by atoms with Crippen molar-refractivity contribution in [2.45, 2.75) is 44.6 Å². The molecule has 0 aromatic heterocycles. The highest BCUT2D eigenvalue weighted by molar-refractivity contribution is 6.53. The molecule has 6 nitrogen and oxygen atoms in total. The Morgan fingerprint density at radius 3 is 2.34 bits per heavy atom. The van der Waals surface area contributed by atoms with E-state index in [1.54, 1.807) is 63.2 Å². The van der Waals surface area contributed by atoms with Gasteiger partial charge in [-0.05, 0) is 75.6 Å². The van der Waals surface area contributed by atoms with Crippen LogP contribution in [-0.2, 0) is 9.59 Å². The summed E-state index contributed by atoms with van der Waals surface area (Å²) in [4.78, 5) is 24.7. The van der Waals surface area contributed by atoms with Gasteiger partial charge >= 0.3 is 0 Å². The monoisotopic (exact) mass is 495 g/mol. The molecule has 1 fully saturated rings. The number of ether oxygens (including phenoxy) is 1. The molecule has 0 unspecified atom stereocenters. The quantitative estimate of drug-likeness (QED) is 0.303. The summed E-state index contributed by atoms with van der Waals surface area (Å²) in [5, 5.41) is 7.56. The molecule has 0 heterocycles. The molecule has 2 aromatic rings. The number of hydrazone groups is 1. The Bertz CT molecular complexity index is 1070. The lowest BCUT2D eigenvalue weighted by molar-refractivity contribution is -0.125. The number of carbonyl (C=O) groups is 2. The van der Waals surface area contributed by atoms with Crippen LogP contribution < -0.4 is 15.5 Å². The Morgan fingerprint density at radius 1 is 1.16 bits per heavy atom. The van der Waals surface area contributed by atoms with Gasteiger partial charge in [0, 0.05) is 10.7 Å². The van der Waals surface area contributed by atoms with Crippen LogP contribution in [0, 0.1) is 12.3 Å². The maximum atomic E-state index is 12.5. The summed E-state index contributed by atoms with van der Waals surface area (Å²) >= 11 is 18.0. The van der Waals surface area contributed by atoms with E-state index in [0.717, 1.165) is 11.1 Å². The van der Waals surface area contributed by atoms with E-state index in [1.807, 2.05) is 6.92 Å². The van der Waals surface area contributed by atoms with Crippen molar-refractivity contribution in [1.82, 2.24) is 5.43 Å². The summed E-state index contributed by atoms with van der Waals surface area (Å²) in [7, 11) is 0. The van der Waals surface area contributed by atoms with E-state index in [0.29, 0.717) is 28.6 Å². The van der Waals surface area contributed by atoms with Crippen molar-refractivity contribution in [3.8, 4) is 5.75 Å². The molecule has 1 aliphatic carbocycles. The van der Waals surface area contributed by atoms with Crippen LogP contribution in [-0.4, -0.2) is 28.0 Å². The molecule has 170 valence electrons. The standard InChI is InChI=1S/C23H24Cl3N3O3/c1-13-11-17(24)7-10-19(13)32-15(3)20(30)27-18-8-5-16(6-9-18)14(2)28-29-21(31)22(4)12-23(22,25)26/h5-11,15H,12H2,1-4H3,(H,27,30)(H,29,31)/t15-,22+/m1/s1. The first-order chi connectivity index (χ1) is 14.9. The van der Waals surface area contributed by atoms with Crippen molar-refractivity contribution >= 4 is 58.0 Å². The fourth-order valence-electron chi connectivity index (χ4n) is 3.00. The van der Waals surface area contributed by atoms with Crippen LogP contribution in [0.15, 0.2) is 47.6 Å². The Balaban J connectivity index is 1.56. The van der Waals surface area contributed by atoms with E-state index >= 15 is 0 Å². The number of halogens is 3. The van der Waals surface area contributed by atoms with Crippen molar-refractivity contribution in [2.75, 3.05) is 5.32 Å². The maximum absolute atomic E-state index is 12.5. The molecule has 1 aliphatic rings. The second-order valence-corrected chi connectivity index (χ2v) is 10.0. The zero-order valence-corrected chi connectivity index (χ0v) is 20.4. The van der Waals surface area contributed by atoms with Crippen molar-refractivity contribution < 1.29 is 14.3 Å². The summed E-state index contributed by atoms with van der Waals surface area (Å²) in [5.74, 6) is -0.00868. The first kappa shape index (κ1) is 24.4. The van der Waals surface area contributed by atoms with Gasteiger partial charge in [0.1, 0.15) is 10.1 Å². The smallest absolute Gasteiger partial charge is 0.265 e. The average Bonchev–Trinajstić information content (AvgIpc) is 3.27. The number of amides is 2. The number of nitrogens with one attached hydrogen (secondary N) is 2. The summed E-state index contributed by atoms with van der Waals surface area (Å²) in [6, 6.07) is 12.3. The lowest BCUT2D eigenvalue weighted by atomic mass is 10.1. The zero-order chi connectivity index (χ0) is 23.7. The van der Waals surface area contributed by atoms with Crippen molar-refractivity contribution in [1.29, 1.82) is 0 Å². The molecular formula is C23H24Cl3N3O3. The lowest BCUT2D eigenvalue weighted by Gasteiger charge is -2.16. The molecule has 0 spiro atoms. The topological polar surface area (TPSA) is 79.8 Å². The summed E-state index contributed by atoms with van der Waals surface area (Å²) in [6.07, 6.45) is -0.315. The van der Waals surface area contributed by atoms with Gasteiger partial charge in [-0.3, -0.25) is 9.59 Å². The first-order valence-corrected chi connectivity index (χ1v) is 11.1. The third-order valence-electron chi connectivity index (χ3n) is 5.46. The second-order valence-electron chi connectivity index (χ2n) is 8.09. The normalized spacial score (nSPS) is 20.3. The van der Waals surface area contributed by atoms with Crippen LogP contribution in [0.2, 0.25) is 5.02 Å². The molecule has 0 saturated heterocycles. The van der Waals surface area contributed by atoms with Gasteiger partial charge in [0.25, 0.3) is 5.91 Å². The van der Waals surface area contributed by atoms with Gasteiger partial charge in [0.2, 0.25) is 5.91 Å². The van der Waals surface area contributed by atoms with Crippen LogP contribution >= 0.6 is 34.8 Å². The Morgan fingerprint density at radius 2 is 1.78 bits per heavy atom. The summed E-state index contributed by atoms with van der Waals surface area (Å²) < 4.78 is 4.70. The predicted octanol–water partition coefficient (Wildman–Crippen LogP) is 5.48. The van der Waals surface area contributed by atoms with E-state index in [9.17, 15) is 9.59 Å². The Kier molecular flexibility index (Phi) is 7.08. The molecule has 3 rings (SSSR count). The number of benzene rings is 2. The zero-order valence-electron chi connectivity index (χ0n) is 18.1. The number of hydrogen-bond acceptors (Lipinski definition) is 4. The number of anilines is 1. The lowest BCUT2D eigenvalue weighted by Crippen LogP contribution is -2.30. The number of hydrogen-bond donors (Lipinski definition) is 2. The van der Waals surface area contributed by atoms with Gasteiger partial charge in [0.05, 0.1) is 11.1 Å². The highest BCUT2D eigenvalue weighted by Crippen LogP contribution is 2.63. The number of nitrogens with zero attached hydrogens (tertiary/aromatic N) is 1. The Hall–Kier alpha value is -2.28. The van der Waals surface area contributed by atoms with Crippen LogP contribution in [0.1, 0.15) is 38.3 Å². The Labute approximate surface area is 202 Å². The van der Waals surface area contributed by atoms with Crippen LogP contribution in [0.25, 0.3) is 0 Å². The fourth-order valence-corrected chi connectivity index (χ4v) is 3.93. The molecule has 0 bridgehead atoms. The fraction of sp³-hybridized carbons (Fsp3) is 0.348. The molecule has 9 heteroatoms. The van der Waals surface area contributed by atoms with Crippen LogP contribution in [0.3, 0.4) is 0 Å². The minimum Gasteiger partial charge on any atom is -0.481 e. The summed E-state index contributed by atoms with van der Waals surface area (Å²) in [6.45, 7) is 7.00. The van der Waals surface area contributed by atoms with Crippen molar-refractivity contribution in [3.05, 3.63) is 58.6 Å². The third kappa shape index (κ3) is 5.37. The van der Waals surface area contributed by atoms with Gasteiger partial charge in [-0.2, -0.15) is 5.10 Å². The van der Waals surface area contributed by atoms with Gasteiger partial charge in [0.15, 0.2) is 6.10 Å². The van der Waals surface area contributed by atoms with Crippen molar-refractivity contribution in [2.24, 2.45) is 10.5 Å². The SMILES string of the molecule is CC(=NNC(=O)[C@]1(C)CC1(Cl)Cl)c1ccc(NC(=O)[C@@H](C)Oc2ccc(Cl)cc2C)cc1.